The fourth-order valence-corrected chi connectivity index (χ4v) is 4.28. The van der Waals surface area contributed by atoms with E-state index in [-0.39, 0.29) is 16.7 Å². The predicted octanol–water partition coefficient (Wildman–Crippen LogP) is 3.00. The van der Waals surface area contributed by atoms with Gasteiger partial charge in [0.2, 0.25) is 15.9 Å². The van der Waals surface area contributed by atoms with Crippen LogP contribution in [0.25, 0.3) is 0 Å². The van der Waals surface area contributed by atoms with Gasteiger partial charge in [-0.15, -0.1) is 0 Å². The topological polar surface area (TPSA) is 66.5 Å². The molecule has 5 nitrogen and oxygen atoms in total. The van der Waals surface area contributed by atoms with Crippen LogP contribution >= 0.6 is 0 Å². The number of nitrogens with one attached hydrogen (secondary N) is 1. The Balaban J connectivity index is 1.91. The van der Waals surface area contributed by atoms with E-state index in [4.69, 9.17) is 0 Å². The Labute approximate surface area is 148 Å². The van der Waals surface area contributed by atoms with Gasteiger partial charge < -0.3 is 5.32 Å². The van der Waals surface area contributed by atoms with E-state index in [1.165, 1.54) is 25.7 Å². The fraction of sp³-hybridized carbons (Fsp3) is 0.316. The highest BCUT2D eigenvalue weighted by Crippen LogP contribution is 2.33. The Hall–Kier alpha value is -2.18. The molecule has 3 rings (SSSR count). The SMILES string of the molecule is CN(C)S(=O)(=O)c1ccccc1NC(=O)C1CCCc2ccccc21. The second-order valence-corrected chi connectivity index (χ2v) is 8.54. The van der Waals surface area contributed by atoms with Crippen LogP contribution in [0.1, 0.15) is 29.9 Å². The second-order valence-electron chi connectivity index (χ2n) is 6.42. The second kappa shape index (κ2) is 6.98. The van der Waals surface area contributed by atoms with Gasteiger partial charge >= 0.3 is 0 Å². The molecule has 0 spiro atoms. The van der Waals surface area contributed by atoms with E-state index in [1.54, 1.807) is 18.2 Å². The molecular formula is C19H22N2O3S. The Bertz CT molecular complexity index is 891. The lowest BCUT2D eigenvalue weighted by Crippen LogP contribution is -2.27. The molecule has 0 saturated carbocycles. The fourth-order valence-electron chi connectivity index (χ4n) is 3.24. The lowest BCUT2D eigenvalue weighted by Gasteiger charge is -2.25. The number of sulfonamides is 1. The summed E-state index contributed by atoms with van der Waals surface area (Å²) >= 11 is 0. The van der Waals surface area contributed by atoms with Gasteiger partial charge in [0.15, 0.2) is 0 Å². The van der Waals surface area contributed by atoms with Crippen molar-refractivity contribution in [1.29, 1.82) is 0 Å². The Morgan fingerprint density at radius 1 is 1.08 bits per heavy atom. The third-order valence-electron chi connectivity index (χ3n) is 4.59. The van der Waals surface area contributed by atoms with E-state index in [0.717, 1.165) is 29.1 Å². The predicted molar refractivity (Wildman–Crippen MR) is 98.1 cm³/mol. The number of anilines is 1. The Morgan fingerprint density at radius 3 is 2.52 bits per heavy atom. The van der Waals surface area contributed by atoms with Gasteiger partial charge in [-0.2, -0.15) is 0 Å². The zero-order valence-electron chi connectivity index (χ0n) is 14.4. The van der Waals surface area contributed by atoms with E-state index in [0.29, 0.717) is 5.69 Å². The first-order valence-corrected chi connectivity index (χ1v) is 9.75. The number of nitrogens with zero attached hydrogens (tertiary/aromatic N) is 1. The Morgan fingerprint density at radius 2 is 1.76 bits per heavy atom. The van der Waals surface area contributed by atoms with Crippen LogP contribution in [0.2, 0.25) is 0 Å². The number of aryl methyl sites for hydroxylation is 1. The van der Waals surface area contributed by atoms with E-state index in [9.17, 15) is 13.2 Å². The monoisotopic (exact) mass is 358 g/mol. The van der Waals surface area contributed by atoms with Crippen LogP contribution in [-0.2, 0) is 21.2 Å². The molecule has 0 radical (unpaired) electrons. The van der Waals surface area contributed by atoms with Gasteiger partial charge in [0.05, 0.1) is 11.6 Å². The highest BCUT2D eigenvalue weighted by Gasteiger charge is 2.28. The molecule has 1 aliphatic rings. The molecule has 2 aromatic rings. The lowest BCUT2D eigenvalue weighted by molar-refractivity contribution is -0.117. The quantitative estimate of drug-likeness (QED) is 0.914. The zero-order valence-corrected chi connectivity index (χ0v) is 15.2. The molecule has 1 aliphatic carbocycles. The van der Waals surface area contributed by atoms with Crippen molar-refractivity contribution >= 4 is 21.6 Å². The molecule has 25 heavy (non-hydrogen) atoms. The van der Waals surface area contributed by atoms with Gasteiger partial charge in [-0.1, -0.05) is 36.4 Å². The summed E-state index contributed by atoms with van der Waals surface area (Å²) in [6.45, 7) is 0. The first kappa shape index (κ1) is 17.6. The summed E-state index contributed by atoms with van der Waals surface area (Å²) in [5, 5.41) is 2.84. The number of fused-ring (bicyclic) bond motifs is 1. The van der Waals surface area contributed by atoms with Crippen molar-refractivity contribution in [3.8, 4) is 0 Å². The molecule has 0 aromatic heterocycles. The molecule has 0 fully saturated rings. The van der Waals surface area contributed by atoms with Crippen LogP contribution in [0, 0.1) is 0 Å². The third-order valence-corrected chi connectivity index (χ3v) is 6.46. The first-order chi connectivity index (χ1) is 11.9. The standard InChI is InChI=1S/C19H22N2O3S/c1-21(2)25(23,24)18-13-6-5-12-17(18)20-19(22)16-11-7-9-14-8-3-4-10-15(14)16/h3-6,8,10,12-13,16H,7,9,11H2,1-2H3,(H,20,22). The maximum Gasteiger partial charge on any atom is 0.244 e. The number of amides is 1. The van der Waals surface area contributed by atoms with Crippen molar-refractivity contribution < 1.29 is 13.2 Å². The lowest BCUT2D eigenvalue weighted by atomic mass is 9.82. The molecule has 1 N–H and O–H groups in total. The number of hydrogen-bond donors (Lipinski definition) is 1. The molecule has 0 saturated heterocycles. The minimum atomic E-state index is -3.63. The maximum absolute atomic E-state index is 12.9. The molecule has 2 aromatic carbocycles. The number of carbonyl (C=O) groups is 1. The van der Waals surface area contributed by atoms with Crippen LogP contribution in [-0.4, -0.2) is 32.7 Å². The van der Waals surface area contributed by atoms with Crippen molar-refractivity contribution in [2.24, 2.45) is 0 Å². The minimum absolute atomic E-state index is 0.109. The summed E-state index contributed by atoms with van der Waals surface area (Å²) in [6, 6.07) is 14.5. The average molecular weight is 358 g/mol. The van der Waals surface area contributed by atoms with Gasteiger partial charge in [0.25, 0.3) is 0 Å². The highest BCUT2D eigenvalue weighted by atomic mass is 32.2. The summed E-state index contributed by atoms with van der Waals surface area (Å²) in [5.74, 6) is -0.409. The smallest absolute Gasteiger partial charge is 0.244 e. The molecule has 6 heteroatoms. The summed E-state index contributed by atoms with van der Waals surface area (Å²) < 4.78 is 26.1. The maximum atomic E-state index is 12.9. The molecule has 0 heterocycles. The third kappa shape index (κ3) is 3.45. The molecule has 1 atom stereocenters. The summed E-state index contributed by atoms with van der Waals surface area (Å²) in [4.78, 5) is 13.0. The molecule has 0 aliphatic heterocycles. The van der Waals surface area contributed by atoms with Crippen molar-refractivity contribution in [2.75, 3.05) is 19.4 Å². The van der Waals surface area contributed by atoms with Crippen LogP contribution in [0.4, 0.5) is 5.69 Å². The molecule has 0 bridgehead atoms. The van der Waals surface area contributed by atoms with E-state index >= 15 is 0 Å². The number of rotatable bonds is 4. The van der Waals surface area contributed by atoms with Gasteiger partial charge in [0.1, 0.15) is 4.90 Å². The minimum Gasteiger partial charge on any atom is -0.324 e. The molecule has 132 valence electrons. The van der Waals surface area contributed by atoms with Gasteiger partial charge in [0, 0.05) is 14.1 Å². The normalized spacial score (nSPS) is 17.2. The van der Waals surface area contributed by atoms with Crippen molar-refractivity contribution in [1.82, 2.24) is 4.31 Å². The summed E-state index contributed by atoms with van der Waals surface area (Å²) in [7, 11) is -0.671. The van der Waals surface area contributed by atoms with Crippen LogP contribution < -0.4 is 5.32 Å². The molecular weight excluding hydrogens is 336 g/mol. The number of hydrogen-bond acceptors (Lipinski definition) is 3. The van der Waals surface area contributed by atoms with E-state index in [2.05, 4.69) is 11.4 Å². The van der Waals surface area contributed by atoms with Crippen molar-refractivity contribution in [3.63, 3.8) is 0 Å². The number of para-hydroxylation sites is 1. The van der Waals surface area contributed by atoms with E-state index in [1.807, 2.05) is 18.2 Å². The number of benzene rings is 2. The summed E-state index contributed by atoms with van der Waals surface area (Å²) in [6.07, 6.45) is 2.70. The number of carbonyl (C=O) groups excluding carboxylic acids is 1. The van der Waals surface area contributed by atoms with Gasteiger partial charge in [-0.05, 0) is 42.5 Å². The Kier molecular flexibility index (Phi) is 4.92. The largest absolute Gasteiger partial charge is 0.324 e. The van der Waals surface area contributed by atoms with Gasteiger partial charge in [-0.3, -0.25) is 4.79 Å². The average Bonchev–Trinajstić information content (AvgIpc) is 2.61. The van der Waals surface area contributed by atoms with Crippen LogP contribution in [0.5, 0.6) is 0 Å². The summed E-state index contributed by atoms with van der Waals surface area (Å²) in [5.41, 5.74) is 2.56. The van der Waals surface area contributed by atoms with E-state index < -0.39 is 10.0 Å². The molecule has 1 unspecified atom stereocenters. The molecule has 1 amide bonds. The van der Waals surface area contributed by atoms with Crippen LogP contribution in [0.15, 0.2) is 53.4 Å². The zero-order chi connectivity index (χ0) is 18.0. The van der Waals surface area contributed by atoms with Crippen molar-refractivity contribution in [2.45, 2.75) is 30.1 Å². The van der Waals surface area contributed by atoms with Gasteiger partial charge in [-0.25, -0.2) is 12.7 Å². The first-order valence-electron chi connectivity index (χ1n) is 8.31. The highest BCUT2D eigenvalue weighted by molar-refractivity contribution is 7.89. The van der Waals surface area contributed by atoms with Crippen molar-refractivity contribution in [3.05, 3.63) is 59.7 Å². The van der Waals surface area contributed by atoms with Crippen LogP contribution in [0.3, 0.4) is 0 Å².